The summed E-state index contributed by atoms with van der Waals surface area (Å²) in [4.78, 5) is 14.2. The van der Waals surface area contributed by atoms with Gasteiger partial charge >= 0.3 is 0 Å². The number of halogens is 1. The van der Waals surface area contributed by atoms with E-state index in [1.165, 1.54) is 12.1 Å². The molecule has 0 aromatic heterocycles. The highest BCUT2D eigenvalue weighted by Crippen LogP contribution is 2.31. The van der Waals surface area contributed by atoms with Crippen LogP contribution >= 0.6 is 0 Å². The van der Waals surface area contributed by atoms with Gasteiger partial charge in [0.2, 0.25) is 0 Å². The first-order chi connectivity index (χ1) is 9.60. The lowest BCUT2D eigenvalue weighted by atomic mass is 10.0. The molecule has 0 unspecified atom stereocenters. The first kappa shape index (κ1) is 13.5. The molecule has 2 aliphatic heterocycles. The lowest BCUT2D eigenvalue weighted by molar-refractivity contribution is -0.181. The van der Waals surface area contributed by atoms with Crippen LogP contribution in [-0.2, 0) is 9.47 Å². The summed E-state index contributed by atoms with van der Waals surface area (Å²) >= 11 is 0. The first-order valence-electron chi connectivity index (χ1n) is 6.93. The van der Waals surface area contributed by atoms with Gasteiger partial charge in [-0.15, -0.1) is 0 Å². The molecule has 0 N–H and O–H groups in total. The molecule has 0 aliphatic carbocycles. The summed E-state index contributed by atoms with van der Waals surface area (Å²) in [6, 6.07) is 4.32. The highest BCUT2D eigenvalue weighted by Gasteiger charge is 2.40. The van der Waals surface area contributed by atoms with Crippen LogP contribution in [0.1, 0.15) is 28.8 Å². The van der Waals surface area contributed by atoms with E-state index in [2.05, 4.69) is 0 Å². The Kier molecular flexibility index (Phi) is 3.48. The molecule has 3 rings (SSSR count). The zero-order valence-electron chi connectivity index (χ0n) is 11.5. The maximum absolute atomic E-state index is 13.3. The van der Waals surface area contributed by atoms with Gasteiger partial charge < -0.3 is 14.4 Å². The molecule has 108 valence electrons. The Morgan fingerprint density at radius 2 is 1.90 bits per heavy atom. The fourth-order valence-corrected chi connectivity index (χ4v) is 2.83. The van der Waals surface area contributed by atoms with Crippen molar-refractivity contribution in [1.29, 1.82) is 0 Å². The normalized spacial score (nSPS) is 21.4. The predicted octanol–water partition coefficient (Wildman–Crippen LogP) is 2.11. The first-order valence-corrected chi connectivity index (χ1v) is 6.93. The maximum Gasteiger partial charge on any atom is 0.254 e. The highest BCUT2D eigenvalue weighted by molar-refractivity contribution is 5.95. The summed E-state index contributed by atoms with van der Waals surface area (Å²) in [5.74, 6) is -0.988. The van der Waals surface area contributed by atoms with Gasteiger partial charge in [-0.25, -0.2) is 4.39 Å². The van der Waals surface area contributed by atoms with Crippen molar-refractivity contribution in [1.82, 2.24) is 4.90 Å². The van der Waals surface area contributed by atoms with Crippen LogP contribution < -0.4 is 0 Å². The molecule has 20 heavy (non-hydrogen) atoms. The minimum atomic E-state index is -0.492. The second-order valence-corrected chi connectivity index (χ2v) is 5.36. The minimum Gasteiger partial charge on any atom is -0.347 e. The number of amides is 1. The number of piperidine rings is 1. The van der Waals surface area contributed by atoms with E-state index in [9.17, 15) is 9.18 Å². The maximum atomic E-state index is 13.3. The Labute approximate surface area is 117 Å². The van der Waals surface area contributed by atoms with Crippen LogP contribution in [0.25, 0.3) is 0 Å². The molecule has 4 nitrogen and oxygen atoms in total. The van der Waals surface area contributed by atoms with Crippen LogP contribution in [0.15, 0.2) is 18.2 Å². The Morgan fingerprint density at radius 1 is 1.25 bits per heavy atom. The SMILES string of the molecule is Cc1ccc(F)cc1C(=O)N1CCC2(CC1)OCCO2. The number of aryl methyl sites for hydroxylation is 1. The zero-order chi connectivity index (χ0) is 14.2. The highest BCUT2D eigenvalue weighted by atomic mass is 19.1. The molecule has 2 saturated heterocycles. The summed E-state index contributed by atoms with van der Waals surface area (Å²) in [5, 5.41) is 0. The Hall–Kier alpha value is -1.46. The van der Waals surface area contributed by atoms with Crippen LogP contribution in [-0.4, -0.2) is 42.9 Å². The van der Waals surface area contributed by atoms with E-state index in [1.807, 2.05) is 6.92 Å². The number of carbonyl (C=O) groups is 1. The van der Waals surface area contributed by atoms with Crippen molar-refractivity contribution >= 4 is 5.91 Å². The zero-order valence-corrected chi connectivity index (χ0v) is 11.5. The molecule has 1 amide bonds. The number of carbonyl (C=O) groups excluding carboxylic acids is 1. The lowest BCUT2D eigenvalue weighted by Crippen LogP contribution is -2.47. The topological polar surface area (TPSA) is 38.8 Å². The van der Waals surface area contributed by atoms with Gasteiger partial charge in [0.05, 0.1) is 13.2 Å². The van der Waals surface area contributed by atoms with Crippen molar-refractivity contribution in [2.75, 3.05) is 26.3 Å². The molecule has 5 heteroatoms. The molecule has 2 aliphatic rings. The third-order valence-corrected chi connectivity index (χ3v) is 4.06. The van der Waals surface area contributed by atoms with Gasteiger partial charge in [-0.1, -0.05) is 6.07 Å². The Morgan fingerprint density at radius 3 is 2.55 bits per heavy atom. The fraction of sp³-hybridized carbons (Fsp3) is 0.533. The molecule has 2 fully saturated rings. The summed E-state index contributed by atoms with van der Waals surface area (Å²) in [6.45, 7) is 4.22. The number of hydrogen-bond acceptors (Lipinski definition) is 3. The Bertz CT molecular complexity index is 516. The van der Waals surface area contributed by atoms with Crippen molar-refractivity contribution in [2.24, 2.45) is 0 Å². The third-order valence-electron chi connectivity index (χ3n) is 4.06. The standard InChI is InChI=1S/C15H18FNO3/c1-11-2-3-12(16)10-13(11)14(18)17-6-4-15(5-7-17)19-8-9-20-15/h2-3,10H,4-9H2,1H3. The second-order valence-electron chi connectivity index (χ2n) is 5.36. The third kappa shape index (κ3) is 2.43. The van der Waals surface area contributed by atoms with Gasteiger partial charge in [0, 0.05) is 31.5 Å². The van der Waals surface area contributed by atoms with E-state index in [-0.39, 0.29) is 11.7 Å². The molecule has 0 bridgehead atoms. The summed E-state index contributed by atoms with van der Waals surface area (Å²) in [6.07, 6.45) is 1.35. The monoisotopic (exact) mass is 279 g/mol. The van der Waals surface area contributed by atoms with E-state index in [0.717, 1.165) is 5.56 Å². The summed E-state index contributed by atoms with van der Waals surface area (Å²) in [5.41, 5.74) is 1.24. The number of benzene rings is 1. The number of rotatable bonds is 1. The molecule has 1 aromatic carbocycles. The minimum absolute atomic E-state index is 0.116. The van der Waals surface area contributed by atoms with Crippen molar-refractivity contribution in [3.63, 3.8) is 0 Å². The Balaban J connectivity index is 1.71. The molecule has 0 saturated carbocycles. The van der Waals surface area contributed by atoms with Crippen molar-refractivity contribution < 1.29 is 18.7 Å². The average Bonchev–Trinajstić information content (AvgIpc) is 2.90. The van der Waals surface area contributed by atoms with E-state index in [4.69, 9.17) is 9.47 Å². The quantitative estimate of drug-likeness (QED) is 0.790. The van der Waals surface area contributed by atoms with Crippen LogP contribution in [0.2, 0.25) is 0 Å². The predicted molar refractivity (Wildman–Crippen MR) is 70.9 cm³/mol. The van der Waals surface area contributed by atoms with Gasteiger partial charge in [-0.05, 0) is 24.6 Å². The summed E-state index contributed by atoms with van der Waals surface area (Å²) in [7, 11) is 0. The van der Waals surface area contributed by atoms with Crippen LogP contribution in [0.4, 0.5) is 4.39 Å². The largest absolute Gasteiger partial charge is 0.347 e. The lowest BCUT2D eigenvalue weighted by Gasteiger charge is -2.37. The van der Waals surface area contributed by atoms with Gasteiger partial charge in [-0.3, -0.25) is 4.79 Å². The molecular weight excluding hydrogens is 261 g/mol. The van der Waals surface area contributed by atoms with E-state index in [0.29, 0.717) is 44.7 Å². The van der Waals surface area contributed by atoms with E-state index < -0.39 is 5.79 Å². The van der Waals surface area contributed by atoms with Crippen LogP contribution in [0.5, 0.6) is 0 Å². The van der Waals surface area contributed by atoms with Crippen LogP contribution in [0, 0.1) is 12.7 Å². The fourth-order valence-electron chi connectivity index (χ4n) is 2.83. The smallest absolute Gasteiger partial charge is 0.254 e. The molecule has 0 radical (unpaired) electrons. The second kappa shape index (κ2) is 5.14. The van der Waals surface area contributed by atoms with E-state index >= 15 is 0 Å². The van der Waals surface area contributed by atoms with Gasteiger partial charge in [0.15, 0.2) is 5.79 Å². The molecule has 2 heterocycles. The van der Waals surface area contributed by atoms with Gasteiger partial charge in [0.25, 0.3) is 5.91 Å². The number of ether oxygens (including phenoxy) is 2. The van der Waals surface area contributed by atoms with Crippen LogP contribution in [0.3, 0.4) is 0 Å². The molecule has 1 spiro atoms. The average molecular weight is 279 g/mol. The van der Waals surface area contributed by atoms with E-state index in [1.54, 1.807) is 11.0 Å². The molecule has 0 atom stereocenters. The number of likely N-dealkylation sites (tertiary alicyclic amines) is 1. The van der Waals surface area contributed by atoms with Crippen molar-refractivity contribution in [3.8, 4) is 0 Å². The van der Waals surface area contributed by atoms with Crippen molar-refractivity contribution in [3.05, 3.63) is 35.1 Å². The van der Waals surface area contributed by atoms with Gasteiger partial charge in [0.1, 0.15) is 5.82 Å². The molecular formula is C15H18FNO3. The number of hydrogen-bond donors (Lipinski definition) is 0. The molecule has 1 aromatic rings. The summed E-state index contributed by atoms with van der Waals surface area (Å²) < 4.78 is 24.6. The number of nitrogens with zero attached hydrogens (tertiary/aromatic N) is 1. The van der Waals surface area contributed by atoms with Gasteiger partial charge in [-0.2, -0.15) is 0 Å². The van der Waals surface area contributed by atoms with Crippen molar-refractivity contribution in [2.45, 2.75) is 25.6 Å².